The van der Waals surface area contributed by atoms with Crippen LogP contribution in [0.15, 0.2) is 0 Å². The molecule has 0 aliphatic carbocycles. The highest BCUT2D eigenvalue weighted by Gasteiger charge is 2.29. The van der Waals surface area contributed by atoms with Gasteiger partial charge < -0.3 is 0 Å². The summed E-state index contributed by atoms with van der Waals surface area (Å²) in [6, 6.07) is 0. The van der Waals surface area contributed by atoms with E-state index in [0.717, 1.165) is 32.8 Å². The van der Waals surface area contributed by atoms with E-state index >= 15 is 0 Å². The first kappa shape index (κ1) is 13.4. The fourth-order valence-corrected chi connectivity index (χ4v) is 2.83. The second-order valence-electron chi connectivity index (χ2n) is 3.69. The molecule has 0 saturated heterocycles. The molecule has 1 aromatic carbocycles. The Labute approximate surface area is 110 Å². The maximum Gasteiger partial charge on any atom is 0.216 e. The molecule has 0 spiro atoms. The summed E-state index contributed by atoms with van der Waals surface area (Å²) in [5.74, 6) is 0. The molecule has 0 aliphatic heterocycles. The molecule has 4 heteroatoms. The Hall–Kier alpha value is 0.380. The van der Waals surface area contributed by atoms with Crippen molar-refractivity contribution in [2.75, 3.05) is 0 Å². The maximum atomic E-state index is 6.18. The van der Waals surface area contributed by atoms with Gasteiger partial charge in [0.05, 0.1) is 0 Å². The molecular formula is C11H12Cl4. The zero-order valence-corrected chi connectivity index (χ0v) is 12.0. The van der Waals surface area contributed by atoms with Crippen molar-refractivity contribution in [1.29, 1.82) is 0 Å². The topological polar surface area (TPSA) is 0 Å². The highest BCUT2D eigenvalue weighted by Crippen LogP contribution is 2.45. The van der Waals surface area contributed by atoms with Gasteiger partial charge in [-0.3, -0.25) is 0 Å². The number of halogens is 4. The molecule has 0 atom stereocenters. The number of hydrogen-bond acceptors (Lipinski definition) is 0. The van der Waals surface area contributed by atoms with Crippen LogP contribution < -0.4 is 0 Å². The summed E-state index contributed by atoms with van der Waals surface area (Å²) in [6.07, 6.45) is 0. The van der Waals surface area contributed by atoms with E-state index in [1.165, 1.54) is 0 Å². The monoisotopic (exact) mass is 284 g/mol. The number of rotatable bonds is 0. The van der Waals surface area contributed by atoms with Crippen LogP contribution in [-0.2, 0) is 3.79 Å². The molecule has 84 valence electrons. The Bertz CT molecular complexity index is 373. The van der Waals surface area contributed by atoms with Gasteiger partial charge >= 0.3 is 0 Å². The van der Waals surface area contributed by atoms with Crippen LogP contribution in [0.25, 0.3) is 0 Å². The van der Waals surface area contributed by atoms with E-state index in [1.807, 2.05) is 27.7 Å². The van der Waals surface area contributed by atoms with Crippen molar-refractivity contribution in [3.63, 3.8) is 0 Å². The van der Waals surface area contributed by atoms with Crippen molar-refractivity contribution in [2.45, 2.75) is 31.5 Å². The van der Waals surface area contributed by atoms with Crippen molar-refractivity contribution in [1.82, 2.24) is 0 Å². The van der Waals surface area contributed by atoms with Crippen LogP contribution in [0.5, 0.6) is 0 Å². The molecule has 0 aromatic heterocycles. The highest BCUT2D eigenvalue weighted by molar-refractivity contribution is 6.67. The first-order valence-electron chi connectivity index (χ1n) is 4.51. The minimum Gasteiger partial charge on any atom is -0.0837 e. The summed E-state index contributed by atoms with van der Waals surface area (Å²) in [5, 5.41) is 0.753. The first-order chi connectivity index (χ1) is 6.68. The van der Waals surface area contributed by atoms with Gasteiger partial charge in [-0.15, -0.1) is 0 Å². The molecule has 0 aliphatic rings. The summed E-state index contributed by atoms with van der Waals surface area (Å²) in [5.41, 5.74) is 4.58. The standard InChI is InChI=1S/C11H12Cl4/c1-5-7(3)10(12)8(4)6(2)9(5)11(13,14)15/h1-4H3. The summed E-state index contributed by atoms with van der Waals surface area (Å²) in [7, 11) is 0. The largest absolute Gasteiger partial charge is 0.216 e. The first-order valence-corrected chi connectivity index (χ1v) is 6.02. The summed E-state index contributed by atoms with van der Waals surface area (Å²) in [4.78, 5) is 0. The van der Waals surface area contributed by atoms with Crippen molar-refractivity contribution in [2.24, 2.45) is 0 Å². The third-order valence-electron chi connectivity index (χ3n) is 2.82. The minimum atomic E-state index is -1.39. The van der Waals surface area contributed by atoms with Crippen molar-refractivity contribution < 1.29 is 0 Å². The van der Waals surface area contributed by atoms with Gasteiger partial charge in [-0.25, -0.2) is 0 Å². The third kappa shape index (κ3) is 2.39. The molecule has 0 saturated carbocycles. The van der Waals surface area contributed by atoms with E-state index < -0.39 is 3.79 Å². The fraction of sp³-hybridized carbons (Fsp3) is 0.455. The molecule has 0 nitrogen and oxygen atoms in total. The number of benzene rings is 1. The molecule has 15 heavy (non-hydrogen) atoms. The molecule has 0 N–H and O–H groups in total. The lowest BCUT2D eigenvalue weighted by atomic mass is 9.95. The molecule has 0 amide bonds. The lowest BCUT2D eigenvalue weighted by Gasteiger charge is -2.22. The van der Waals surface area contributed by atoms with E-state index in [9.17, 15) is 0 Å². The average molecular weight is 286 g/mol. The van der Waals surface area contributed by atoms with Gasteiger partial charge in [-0.2, -0.15) is 0 Å². The van der Waals surface area contributed by atoms with Crippen LogP contribution >= 0.6 is 46.4 Å². The van der Waals surface area contributed by atoms with Gasteiger partial charge in [0.1, 0.15) is 0 Å². The Balaban J connectivity index is 3.68. The molecule has 0 unspecified atom stereocenters. The van der Waals surface area contributed by atoms with Crippen LogP contribution in [0.1, 0.15) is 27.8 Å². The Morgan fingerprint density at radius 1 is 0.733 bits per heavy atom. The van der Waals surface area contributed by atoms with E-state index in [2.05, 4.69) is 0 Å². The third-order valence-corrected chi connectivity index (χ3v) is 3.95. The Morgan fingerprint density at radius 2 is 1.07 bits per heavy atom. The zero-order chi connectivity index (χ0) is 12.0. The van der Waals surface area contributed by atoms with Crippen molar-refractivity contribution >= 4 is 46.4 Å². The second-order valence-corrected chi connectivity index (χ2v) is 6.35. The predicted octanol–water partition coefficient (Wildman–Crippen LogP) is 5.40. The second kappa shape index (κ2) is 4.33. The maximum absolute atomic E-state index is 6.18. The lowest BCUT2D eigenvalue weighted by Crippen LogP contribution is -2.09. The van der Waals surface area contributed by atoms with Gasteiger partial charge in [0, 0.05) is 10.6 Å². The number of alkyl halides is 3. The quantitative estimate of drug-likeness (QED) is 0.560. The summed E-state index contributed by atoms with van der Waals surface area (Å²) >= 11 is 24.0. The van der Waals surface area contributed by atoms with Crippen LogP contribution in [-0.4, -0.2) is 0 Å². The van der Waals surface area contributed by atoms with E-state index in [0.29, 0.717) is 0 Å². The van der Waals surface area contributed by atoms with Gasteiger partial charge in [0.15, 0.2) is 0 Å². The Kier molecular flexibility index (Phi) is 3.88. The van der Waals surface area contributed by atoms with E-state index in [-0.39, 0.29) is 0 Å². The molecular weight excluding hydrogens is 274 g/mol. The van der Waals surface area contributed by atoms with Crippen molar-refractivity contribution in [3.05, 3.63) is 32.8 Å². The van der Waals surface area contributed by atoms with E-state index in [1.54, 1.807) is 0 Å². The van der Waals surface area contributed by atoms with E-state index in [4.69, 9.17) is 46.4 Å². The normalized spacial score (nSPS) is 12.0. The van der Waals surface area contributed by atoms with Crippen LogP contribution in [0.3, 0.4) is 0 Å². The van der Waals surface area contributed by atoms with Crippen LogP contribution in [0.4, 0.5) is 0 Å². The molecule has 0 fully saturated rings. The smallest absolute Gasteiger partial charge is 0.0837 e. The average Bonchev–Trinajstić information content (AvgIpc) is 2.09. The Morgan fingerprint density at radius 3 is 1.33 bits per heavy atom. The van der Waals surface area contributed by atoms with Gasteiger partial charge in [-0.05, 0) is 49.9 Å². The summed E-state index contributed by atoms with van der Waals surface area (Å²) < 4.78 is -1.39. The van der Waals surface area contributed by atoms with Gasteiger partial charge in [0.2, 0.25) is 3.79 Å². The number of hydrogen-bond donors (Lipinski definition) is 0. The molecule has 0 radical (unpaired) electrons. The highest BCUT2D eigenvalue weighted by atomic mass is 35.6. The predicted molar refractivity (Wildman–Crippen MR) is 69.6 cm³/mol. The molecule has 1 rings (SSSR count). The van der Waals surface area contributed by atoms with Crippen LogP contribution in [0.2, 0.25) is 5.02 Å². The van der Waals surface area contributed by atoms with Crippen LogP contribution in [0, 0.1) is 27.7 Å². The SMILES string of the molecule is Cc1c(C)c(C(Cl)(Cl)Cl)c(C)c(C)c1Cl. The molecule has 1 aromatic rings. The molecule has 0 heterocycles. The fourth-order valence-electron chi connectivity index (χ4n) is 1.69. The van der Waals surface area contributed by atoms with Gasteiger partial charge in [-0.1, -0.05) is 46.4 Å². The van der Waals surface area contributed by atoms with Crippen molar-refractivity contribution in [3.8, 4) is 0 Å². The minimum absolute atomic E-state index is 0.743. The molecule has 0 bridgehead atoms. The zero-order valence-electron chi connectivity index (χ0n) is 9.01. The lowest BCUT2D eigenvalue weighted by molar-refractivity contribution is 1.10. The summed E-state index contributed by atoms with van der Waals surface area (Å²) in [6.45, 7) is 7.71. The van der Waals surface area contributed by atoms with Gasteiger partial charge in [0.25, 0.3) is 0 Å².